The average Bonchev–Trinajstić information content (AvgIpc) is 3.01. The van der Waals surface area contributed by atoms with Crippen molar-refractivity contribution < 1.29 is 19.4 Å². The van der Waals surface area contributed by atoms with E-state index in [2.05, 4.69) is 4.98 Å². The Morgan fingerprint density at radius 3 is 2.54 bits per heavy atom. The highest BCUT2D eigenvalue weighted by Crippen LogP contribution is 2.36. The van der Waals surface area contributed by atoms with E-state index < -0.39 is 18.5 Å². The molecule has 0 saturated carbocycles. The van der Waals surface area contributed by atoms with Crippen molar-refractivity contribution in [2.75, 3.05) is 6.61 Å². The van der Waals surface area contributed by atoms with Gasteiger partial charge < -0.3 is 20.1 Å². The number of pyridine rings is 1. The van der Waals surface area contributed by atoms with Crippen LogP contribution in [0.5, 0.6) is 5.75 Å². The lowest BCUT2D eigenvalue weighted by molar-refractivity contribution is -0.139. The van der Waals surface area contributed by atoms with Crippen molar-refractivity contribution in [3.8, 4) is 5.75 Å². The van der Waals surface area contributed by atoms with E-state index in [0.717, 1.165) is 11.1 Å². The second-order valence-electron chi connectivity index (χ2n) is 6.33. The van der Waals surface area contributed by atoms with Crippen LogP contribution in [0.3, 0.4) is 0 Å². The van der Waals surface area contributed by atoms with Crippen molar-refractivity contribution in [2.45, 2.75) is 6.54 Å². The minimum atomic E-state index is -1.09. The Kier molecular flexibility index (Phi) is 4.41. The second-order valence-corrected chi connectivity index (χ2v) is 6.33. The number of aliphatic carboxylic acids is 1. The molecule has 4 aromatic rings. The lowest BCUT2D eigenvalue weighted by Gasteiger charge is -2.08. The molecular formula is C21H17N3O4. The van der Waals surface area contributed by atoms with Gasteiger partial charge >= 0.3 is 5.97 Å². The molecule has 2 heterocycles. The molecule has 0 fully saturated rings. The number of fused-ring (bicyclic) bond motifs is 3. The average molecular weight is 375 g/mol. The van der Waals surface area contributed by atoms with Gasteiger partial charge in [0.2, 0.25) is 5.91 Å². The first kappa shape index (κ1) is 17.5. The third-order valence-electron chi connectivity index (χ3n) is 4.53. The molecule has 0 aliphatic heterocycles. The standard InChI is InChI=1S/C21H17N3O4/c22-20(27)14-7-4-8-15-18(14)19-16(28-12-17(25)26)9-10-23-21(19)24(15)11-13-5-2-1-3-6-13/h1-10H,11-12H2,(H2,22,27)(H,25,26). The number of carboxylic acid groups (broad SMARTS) is 1. The van der Waals surface area contributed by atoms with Gasteiger partial charge in [0, 0.05) is 23.7 Å². The summed E-state index contributed by atoms with van der Waals surface area (Å²) in [5.41, 5.74) is 8.36. The number of hydrogen-bond donors (Lipinski definition) is 2. The van der Waals surface area contributed by atoms with Crippen molar-refractivity contribution in [3.05, 3.63) is 71.9 Å². The molecule has 0 radical (unpaired) electrons. The smallest absolute Gasteiger partial charge is 0.341 e. The molecule has 4 rings (SSSR count). The molecule has 3 N–H and O–H groups in total. The van der Waals surface area contributed by atoms with Crippen LogP contribution in [-0.4, -0.2) is 33.1 Å². The first-order chi connectivity index (χ1) is 13.6. The van der Waals surface area contributed by atoms with Gasteiger partial charge in [0.05, 0.1) is 10.9 Å². The highest BCUT2D eigenvalue weighted by Gasteiger charge is 2.21. The van der Waals surface area contributed by atoms with Gasteiger partial charge in [0.15, 0.2) is 6.61 Å². The summed E-state index contributed by atoms with van der Waals surface area (Å²) in [6.45, 7) is 0.0294. The maximum atomic E-state index is 12.1. The first-order valence-corrected chi connectivity index (χ1v) is 8.64. The van der Waals surface area contributed by atoms with E-state index in [4.69, 9.17) is 15.6 Å². The maximum absolute atomic E-state index is 12.1. The first-order valence-electron chi connectivity index (χ1n) is 8.64. The van der Waals surface area contributed by atoms with Crippen LogP contribution < -0.4 is 10.5 Å². The summed E-state index contributed by atoms with van der Waals surface area (Å²) in [6.07, 6.45) is 1.56. The number of nitrogens with two attached hydrogens (primary N) is 1. The monoisotopic (exact) mass is 375 g/mol. The van der Waals surface area contributed by atoms with Gasteiger partial charge in [-0.05, 0) is 23.8 Å². The number of carbonyl (C=O) groups is 2. The lowest BCUT2D eigenvalue weighted by Crippen LogP contribution is -2.11. The van der Waals surface area contributed by atoms with Crippen molar-refractivity contribution in [2.24, 2.45) is 5.73 Å². The fourth-order valence-electron chi connectivity index (χ4n) is 3.41. The van der Waals surface area contributed by atoms with E-state index in [1.54, 1.807) is 24.4 Å². The largest absolute Gasteiger partial charge is 0.481 e. The molecule has 28 heavy (non-hydrogen) atoms. The van der Waals surface area contributed by atoms with Gasteiger partial charge in [-0.15, -0.1) is 0 Å². The van der Waals surface area contributed by atoms with Crippen molar-refractivity contribution in [1.82, 2.24) is 9.55 Å². The van der Waals surface area contributed by atoms with Gasteiger partial charge in [0.1, 0.15) is 11.4 Å². The summed E-state index contributed by atoms with van der Waals surface area (Å²) in [6, 6.07) is 16.7. The highest BCUT2D eigenvalue weighted by molar-refractivity contribution is 6.19. The fraction of sp³-hybridized carbons (Fsp3) is 0.0952. The van der Waals surface area contributed by atoms with Gasteiger partial charge in [0.25, 0.3) is 0 Å². The Balaban J connectivity index is 2.03. The molecule has 0 aliphatic rings. The minimum absolute atomic E-state index is 0.336. The predicted molar refractivity (Wildman–Crippen MR) is 104 cm³/mol. The number of benzene rings is 2. The summed E-state index contributed by atoms with van der Waals surface area (Å²) in [5, 5.41) is 10.2. The molecule has 0 unspecified atom stereocenters. The summed E-state index contributed by atoms with van der Waals surface area (Å²) in [5.74, 6) is -1.32. The molecule has 7 nitrogen and oxygen atoms in total. The topological polar surface area (TPSA) is 107 Å². The molecule has 0 bridgehead atoms. The molecule has 0 spiro atoms. The van der Waals surface area contributed by atoms with Crippen molar-refractivity contribution >= 4 is 33.8 Å². The van der Waals surface area contributed by atoms with E-state index >= 15 is 0 Å². The number of nitrogens with zero attached hydrogens (tertiary/aromatic N) is 2. The third-order valence-corrected chi connectivity index (χ3v) is 4.53. The predicted octanol–water partition coefficient (Wildman–Crippen LogP) is 2.80. The van der Waals surface area contributed by atoms with E-state index in [9.17, 15) is 9.59 Å². The molecule has 0 saturated heterocycles. The Morgan fingerprint density at radius 1 is 1.04 bits per heavy atom. The zero-order valence-corrected chi connectivity index (χ0v) is 14.8. The fourth-order valence-corrected chi connectivity index (χ4v) is 3.41. The van der Waals surface area contributed by atoms with Crippen LogP contribution in [-0.2, 0) is 11.3 Å². The SMILES string of the molecule is NC(=O)c1cccc2c1c1c(OCC(=O)O)ccnc1n2Cc1ccccc1. The Labute approximate surface area is 160 Å². The van der Waals surface area contributed by atoms with E-state index in [1.165, 1.54) is 0 Å². The van der Waals surface area contributed by atoms with Gasteiger partial charge in [-0.3, -0.25) is 4.79 Å². The van der Waals surface area contributed by atoms with Crippen LogP contribution in [0.4, 0.5) is 0 Å². The maximum Gasteiger partial charge on any atom is 0.341 e. The zero-order valence-electron chi connectivity index (χ0n) is 14.8. The molecule has 1 amide bonds. The number of ether oxygens (including phenoxy) is 1. The second kappa shape index (κ2) is 7.03. The highest BCUT2D eigenvalue weighted by atomic mass is 16.5. The van der Waals surface area contributed by atoms with Crippen LogP contribution in [0.1, 0.15) is 15.9 Å². The molecule has 140 valence electrons. The molecule has 0 aliphatic carbocycles. The third kappa shape index (κ3) is 3.03. The van der Waals surface area contributed by atoms with E-state index in [1.807, 2.05) is 41.0 Å². The van der Waals surface area contributed by atoms with Gasteiger partial charge in [-0.1, -0.05) is 36.4 Å². The number of aromatic nitrogens is 2. The Hall–Kier alpha value is -3.87. The Morgan fingerprint density at radius 2 is 1.82 bits per heavy atom. The van der Waals surface area contributed by atoms with Crippen molar-refractivity contribution in [3.63, 3.8) is 0 Å². The van der Waals surface area contributed by atoms with E-state index in [-0.39, 0.29) is 0 Å². The number of amides is 1. The normalized spacial score (nSPS) is 11.0. The van der Waals surface area contributed by atoms with Crippen LogP contribution in [0.25, 0.3) is 21.9 Å². The Bertz CT molecular complexity index is 1200. The van der Waals surface area contributed by atoms with Gasteiger partial charge in [-0.2, -0.15) is 0 Å². The zero-order chi connectivity index (χ0) is 19.7. The molecular weight excluding hydrogens is 358 g/mol. The van der Waals surface area contributed by atoms with Crippen LogP contribution in [0.2, 0.25) is 0 Å². The summed E-state index contributed by atoms with van der Waals surface area (Å²) < 4.78 is 7.45. The number of rotatable bonds is 6. The molecule has 0 atom stereocenters. The number of carbonyl (C=O) groups excluding carboxylic acids is 1. The summed E-state index contributed by atoms with van der Waals surface area (Å²) >= 11 is 0. The number of primary amides is 1. The summed E-state index contributed by atoms with van der Waals surface area (Å²) in [7, 11) is 0. The van der Waals surface area contributed by atoms with Crippen LogP contribution in [0, 0.1) is 0 Å². The van der Waals surface area contributed by atoms with Crippen molar-refractivity contribution in [1.29, 1.82) is 0 Å². The molecule has 2 aromatic carbocycles. The van der Waals surface area contributed by atoms with Gasteiger partial charge in [-0.25, -0.2) is 9.78 Å². The lowest BCUT2D eigenvalue weighted by atomic mass is 10.1. The van der Waals surface area contributed by atoms with Crippen LogP contribution >= 0.6 is 0 Å². The number of hydrogen-bond acceptors (Lipinski definition) is 4. The number of carboxylic acids is 1. The molecule has 7 heteroatoms. The van der Waals surface area contributed by atoms with Crippen LogP contribution in [0.15, 0.2) is 60.8 Å². The molecule has 2 aromatic heterocycles. The quantitative estimate of drug-likeness (QED) is 0.539. The van der Waals surface area contributed by atoms with E-state index in [0.29, 0.717) is 34.3 Å². The minimum Gasteiger partial charge on any atom is -0.481 e. The summed E-state index contributed by atoms with van der Waals surface area (Å²) in [4.78, 5) is 27.5.